The molecule has 0 aliphatic carbocycles. The van der Waals surface area contributed by atoms with Gasteiger partial charge in [-0.3, -0.25) is 4.79 Å². The third-order valence-electron chi connectivity index (χ3n) is 4.42. The molecule has 1 heterocycles. The SMILES string of the molecule is CC(=CC(=O)c1cccc(F)c1)N1CCN(c2ccc(F)cc2)CC1. The van der Waals surface area contributed by atoms with Crippen LogP contribution < -0.4 is 4.90 Å². The lowest BCUT2D eigenvalue weighted by atomic mass is 10.1. The van der Waals surface area contributed by atoms with Crippen LogP contribution in [0.2, 0.25) is 0 Å². The van der Waals surface area contributed by atoms with Crippen molar-refractivity contribution in [2.45, 2.75) is 6.92 Å². The maximum atomic E-state index is 13.2. The first-order chi connectivity index (χ1) is 12.0. The molecule has 0 aromatic heterocycles. The Kier molecular flexibility index (Phi) is 5.12. The fraction of sp³-hybridized carbons (Fsp3) is 0.250. The Hall–Kier alpha value is -2.69. The molecule has 0 amide bonds. The summed E-state index contributed by atoms with van der Waals surface area (Å²) in [6.45, 7) is 5.03. The molecule has 1 saturated heterocycles. The Bertz CT molecular complexity index is 779. The fourth-order valence-electron chi connectivity index (χ4n) is 2.98. The van der Waals surface area contributed by atoms with E-state index in [0.29, 0.717) is 5.56 Å². The fourth-order valence-corrected chi connectivity index (χ4v) is 2.98. The van der Waals surface area contributed by atoms with Crippen LogP contribution in [0.1, 0.15) is 17.3 Å². The van der Waals surface area contributed by atoms with E-state index in [1.165, 1.54) is 30.3 Å². The van der Waals surface area contributed by atoms with E-state index in [1.54, 1.807) is 24.3 Å². The van der Waals surface area contributed by atoms with Gasteiger partial charge in [0.1, 0.15) is 11.6 Å². The molecule has 0 spiro atoms. The van der Waals surface area contributed by atoms with Crippen LogP contribution in [0, 0.1) is 11.6 Å². The van der Waals surface area contributed by atoms with Crippen LogP contribution in [0.4, 0.5) is 14.5 Å². The summed E-state index contributed by atoms with van der Waals surface area (Å²) in [6.07, 6.45) is 1.56. The number of hydrogen-bond donors (Lipinski definition) is 0. The minimum Gasteiger partial charge on any atom is -0.371 e. The first-order valence-corrected chi connectivity index (χ1v) is 8.26. The topological polar surface area (TPSA) is 23.6 Å². The number of anilines is 1. The van der Waals surface area contributed by atoms with Gasteiger partial charge >= 0.3 is 0 Å². The van der Waals surface area contributed by atoms with Crippen LogP contribution in [0.15, 0.2) is 60.3 Å². The molecular formula is C20H20F2N2O. The molecule has 5 heteroatoms. The van der Waals surface area contributed by atoms with E-state index in [2.05, 4.69) is 9.80 Å². The minimum absolute atomic E-state index is 0.196. The van der Waals surface area contributed by atoms with Gasteiger partial charge < -0.3 is 9.80 Å². The van der Waals surface area contributed by atoms with E-state index in [1.807, 2.05) is 6.92 Å². The molecule has 3 rings (SSSR count). The Morgan fingerprint density at radius 1 is 0.960 bits per heavy atom. The van der Waals surface area contributed by atoms with Gasteiger partial charge in [0.25, 0.3) is 0 Å². The Balaban J connectivity index is 1.62. The van der Waals surface area contributed by atoms with E-state index in [-0.39, 0.29) is 11.6 Å². The number of nitrogens with zero attached hydrogens (tertiary/aromatic N) is 2. The highest BCUT2D eigenvalue weighted by Crippen LogP contribution is 2.19. The van der Waals surface area contributed by atoms with Crippen LogP contribution in [-0.2, 0) is 0 Å². The number of hydrogen-bond acceptors (Lipinski definition) is 3. The number of allylic oxidation sites excluding steroid dienone is 2. The van der Waals surface area contributed by atoms with Crippen LogP contribution >= 0.6 is 0 Å². The molecule has 25 heavy (non-hydrogen) atoms. The maximum absolute atomic E-state index is 13.2. The van der Waals surface area contributed by atoms with Crippen molar-refractivity contribution in [3.63, 3.8) is 0 Å². The number of carbonyl (C=O) groups excluding carboxylic acids is 1. The van der Waals surface area contributed by atoms with Crippen molar-refractivity contribution in [2.24, 2.45) is 0 Å². The molecule has 1 aliphatic heterocycles. The molecule has 0 N–H and O–H groups in total. The standard InChI is InChI=1S/C20H20F2N2O/c1-15(13-20(25)16-3-2-4-18(22)14-16)23-9-11-24(12-10-23)19-7-5-17(21)6-8-19/h2-8,13-14H,9-12H2,1H3. The molecule has 3 nitrogen and oxygen atoms in total. The molecule has 1 aliphatic rings. The number of benzene rings is 2. The molecule has 0 unspecified atom stereocenters. The zero-order chi connectivity index (χ0) is 17.8. The molecule has 0 bridgehead atoms. The van der Waals surface area contributed by atoms with Gasteiger partial charge in [-0.05, 0) is 43.3 Å². The molecule has 0 radical (unpaired) electrons. The summed E-state index contributed by atoms with van der Waals surface area (Å²) >= 11 is 0. The van der Waals surface area contributed by atoms with E-state index >= 15 is 0 Å². The lowest BCUT2D eigenvalue weighted by Gasteiger charge is -2.37. The second-order valence-electron chi connectivity index (χ2n) is 6.11. The quantitative estimate of drug-likeness (QED) is 0.622. The van der Waals surface area contributed by atoms with Crippen LogP contribution in [-0.4, -0.2) is 36.9 Å². The van der Waals surface area contributed by atoms with Crippen molar-refractivity contribution in [1.82, 2.24) is 4.90 Å². The van der Waals surface area contributed by atoms with Gasteiger partial charge in [-0.25, -0.2) is 8.78 Å². The third kappa shape index (κ3) is 4.24. The molecular weight excluding hydrogens is 322 g/mol. The van der Waals surface area contributed by atoms with E-state index in [0.717, 1.165) is 37.6 Å². The Morgan fingerprint density at radius 2 is 1.64 bits per heavy atom. The monoisotopic (exact) mass is 342 g/mol. The summed E-state index contributed by atoms with van der Waals surface area (Å²) in [5.41, 5.74) is 2.22. The summed E-state index contributed by atoms with van der Waals surface area (Å²) in [5.74, 6) is -0.847. The predicted octanol–water partition coefficient (Wildman–Crippen LogP) is 3.87. The van der Waals surface area contributed by atoms with Crippen LogP contribution in [0.5, 0.6) is 0 Å². The number of ketones is 1. The zero-order valence-electron chi connectivity index (χ0n) is 14.1. The summed E-state index contributed by atoms with van der Waals surface area (Å²) in [7, 11) is 0. The number of piperazine rings is 1. The first-order valence-electron chi connectivity index (χ1n) is 8.26. The van der Waals surface area contributed by atoms with Gasteiger partial charge in [0, 0.05) is 49.2 Å². The summed E-state index contributed by atoms with van der Waals surface area (Å²) in [5, 5.41) is 0. The average molecular weight is 342 g/mol. The summed E-state index contributed by atoms with van der Waals surface area (Å²) in [4.78, 5) is 16.6. The number of rotatable bonds is 4. The van der Waals surface area contributed by atoms with Crippen LogP contribution in [0.25, 0.3) is 0 Å². The van der Waals surface area contributed by atoms with E-state index in [4.69, 9.17) is 0 Å². The molecule has 2 aromatic carbocycles. The number of carbonyl (C=O) groups is 1. The van der Waals surface area contributed by atoms with Crippen molar-refractivity contribution < 1.29 is 13.6 Å². The average Bonchev–Trinajstić information content (AvgIpc) is 2.62. The highest BCUT2D eigenvalue weighted by Gasteiger charge is 2.18. The maximum Gasteiger partial charge on any atom is 0.187 e. The van der Waals surface area contributed by atoms with Crippen molar-refractivity contribution in [3.8, 4) is 0 Å². The van der Waals surface area contributed by atoms with E-state index < -0.39 is 5.82 Å². The predicted molar refractivity (Wildman–Crippen MR) is 94.7 cm³/mol. The van der Waals surface area contributed by atoms with Gasteiger partial charge in [0.05, 0.1) is 0 Å². The van der Waals surface area contributed by atoms with Gasteiger partial charge in [-0.2, -0.15) is 0 Å². The molecule has 0 atom stereocenters. The minimum atomic E-state index is -0.412. The lowest BCUT2D eigenvalue weighted by molar-refractivity contribution is 0.104. The smallest absolute Gasteiger partial charge is 0.187 e. The highest BCUT2D eigenvalue weighted by molar-refractivity contribution is 6.04. The number of halogens is 2. The van der Waals surface area contributed by atoms with Gasteiger partial charge in [-0.15, -0.1) is 0 Å². The van der Waals surface area contributed by atoms with Crippen molar-refractivity contribution in [1.29, 1.82) is 0 Å². The molecule has 0 saturated carbocycles. The van der Waals surface area contributed by atoms with Crippen molar-refractivity contribution >= 4 is 11.5 Å². The summed E-state index contributed by atoms with van der Waals surface area (Å²) in [6, 6.07) is 12.2. The zero-order valence-corrected chi connectivity index (χ0v) is 14.1. The third-order valence-corrected chi connectivity index (χ3v) is 4.42. The Labute approximate surface area is 146 Å². The van der Waals surface area contributed by atoms with Gasteiger partial charge in [0.2, 0.25) is 0 Å². The molecule has 130 valence electrons. The van der Waals surface area contributed by atoms with E-state index in [9.17, 15) is 13.6 Å². The second-order valence-corrected chi connectivity index (χ2v) is 6.11. The van der Waals surface area contributed by atoms with Gasteiger partial charge in [-0.1, -0.05) is 12.1 Å². The van der Waals surface area contributed by atoms with Crippen molar-refractivity contribution in [2.75, 3.05) is 31.1 Å². The first kappa shape index (κ1) is 17.1. The summed E-state index contributed by atoms with van der Waals surface area (Å²) < 4.78 is 26.3. The molecule has 2 aromatic rings. The lowest BCUT2D eigenvalue weighted by Crippen LogP contribution is -2.45. The highest BCUT2D eigenvalue weighted by atomic mass is 19.1. The second kappa shape index (κ2) is 7.47. The molecule has 1 fully saturated rings. The normalized spacial score (nSPS) is 15.4. The Morgan fingerprint density at radius 3 is 2.28 bits per heavy atom. The van der Waals surface area contributed by atoms with Crippen molar-refractivity contribution in [3.05, 3.63) is 77.5 Å². The van der Waals surface area contributed by atoms with Gasteiger partial charge in [0.15, 0.2) is 5.78 Å². The van der Waals surface area contributed by atoms with Crippen LogP contribution in [0.3, 0.4) is 0 Å². The largest absolute Gasteiger partial charge is 0.371 e.